The van der Waals surface area contributed by atoms with Crippen LogP contribution in [0.25, 0.3) is 0 Å². The molecule has 0 aromatic carbocycles. The van der Waals surface area contributed by atoms with Gasteiger partial charge in [-0.25, -0.2) is 9.48 Å². The summed E-state index contributed by atoms with van der Waals surface area (Å²) >= 11 is 0. The van der Waals surface area contributed by atoms with E-state index >= 15 is 0 Å². The lowest BCUT2D eigenvalue weighted by molar-refractivity contribution is -0.139. The number of nitrogens with zero attached hydrogens (tertiary/aromatic N) is 3. The summed E-state index contributed by atoms with van der Waals surface area (Å²) in [6.07, 6.45) is 3.25. The summed E-state index contributed by atoms with van der Waals surface area (Å²) in [5.74, 6) is -1.42. The third-order valence-corrected chi connectivity index (χ3v) is 3.52. The van der Waals surface area contributed by atoms with Crippen molar-refractivity contribution in [1.29, 1.82) is 0 Å². The van der Waals surface area contributed by atoms with Crippen molar-refractivity contribution in [3.05, 3.63) is 11.9 Å². The van der Waals surface area contributed by atoms with E-state index in [2.05, 4.69) is 20.9 Å². The van der Waals surface area contributed by atoms with Crippen LogP contribution in [0.1, 0.15) is 29.4 Å². The van der Waals surface area contributed by atoms with E-state index in [0.29, 0.717) is 0 Å². The van der Waals surface area contributed by atoms with Crippen LogP contribution in [0.15, 0.2) is 6.20 Å². The number of hydrogen-bond donors (Lipinski definition) is 3. The summed E-state index contributed by atoms with van der Waals surface area (Å²) in [6.45, 7) is 1.62. The Labute approximate surface area is 109 Å². The second-order valence-electron chi connectivity index (χ2n) is 5.02. The van der Waals surface area contributed by atoms with Crippen LogP contribution in [-0.2, 0) is 4.79 Å². The third kappa shape index (κ3) is 2.43. The van der Waals surface area contributed by atoms with Crippen LogP contribution >= 0.6 is 0 Å². The average Bonchev–Trinajstić information content (AvgIpc) is 3.02. The van der Waals surface area contributed by atoms with Crippen molar-refractivity contribution < 1.29 is 14.7 Å². The van der Waals surface area contributed by atoms with Gasteiger partial charge in [-0.15, -0.1) is 5.10 Å². The van der Waals surface area contributed by atoms with Crippen molar-refractivity contribution in [3.8, 4) is 0 Å². The fourth-order valence-corrected chi connectivity index (χ4v) is 2.05. The van der Waals surface area contributed by atoms with E-state index < -0.39 is 17.9 Å². The highest BCUT2D eigenvalue weighted by Gasteiger charge is 2.37. The molecule has 19 heavy (non-hydrogen) atoms. The summed E-state index contributed by atoms with van der Waals surface area (Å²) in [5.41, 5.74) is 0.166. The van der Waals surface area contributed by atoms with E-state index in [4.69, 9.17) is 5.11 Å². The number of amides is 1. The number of carbonyl (C=O) groups is 2. The van der Waals surface area contributed by atoms with Gasteiger partial charge < -0.3 is 15.7 Å². The van der Waals surface area contributed by atoms with Gasteiger partial charge in [-0.05, 0) is 18.8 Å². The van der Waals surface area contributed by atoms with Crippen LogP contribution in [0.4, 0.5) is 0 Å². The highest BCUT2D eigenvalue weighted by molar-refractivity contribution is 5.94. The SMILES string of the molecule is O=C(NC(C(=O)O)C1CC1)c1cn(C2CNC2)nn1. The van der Waals surface area contributed by atoms with Gasteiger partial charge in [0, 0.05) is 13.1 Å². The number of nitrogens with one attached hydrogen (secondary N) is 2. The minimum absolute atomic E-state index is 0.0485. The van der Waals surface area contributed by atoms with Crippen LogP contribution in [-0.4, -0.2) is 51.1 Å². The Kier molecular flexibility index (Phi) is 2.94. The minimum Gasteiger partial charge on any atom is -0.480 e. The fourth-order valence-electron chi connectivity index (χ4n) is 2.05. The molecule has 0 spiro atoms. The van der Waals surface area contributed by atoms with Gasteiger partial charge in [0.05, 0.1) is 12.2 Å². The lowest BCUT2D eigenvalue weighted by atomic mass is 10.2. The Balaban J connectivity index is 1.65. The Bertz CT molecular complexity index is 506. The Morgan fingerprint density at radius 2 is 2.21 bits per heavy atom. The van der Waals surface area contributed by atoms with Crippen molar-refractivity contribution >= 4 is 11.9 Å². The van der Waals surface area contributed by atoms with Crippen molar-refractivity contribution in [2.75, 3.05) is 13.1 Å². The van der Waals surface area contributed by atoms with Gasteiger partial charge in [-0.1, -0.05) is 5.21 Å². The molecule has 1 aromatic heterocycles. The first-order valence-corrected chi connectivity index (χ1v) is 6.31. The van der Waals surface area contributed by atoms with Crippen LogP contribution < -0.4 is 10.6 Å². The molecule has 8 nitrogen and oxygen atoms in total. The smallest absolute Gasteiger partial charge is 0.326 e. The summed E-state index contributed by atoms with van der Waals surface area (Å²) in [6, 6.07) is -0.587. The zero-order valence-electron chi connectivity index (χ0n) is 10.2. The standard InChI is InChI=1S/C11H15N5O3/c17-10(13-9(11(18)19)6-1-2-6)8-5-16(15-14-8)7-3-12-4-7/h5-7,9,12H,1-4H2,(H,13,17)(H,18,19). The van der Waals surface area contributed by atoms with Crippen LogP contribution in [0.2, 0.25) is 0 Å². The normalized spacial score (nSPS) is 20.6. The number of carboxylic acid groups (broad SMARTS) is 1. The second-order valence-corrected chi connectivity index (χ2v) is 5.02. The molecule has 1 aliphatic heterocycles. The van der Waals surface area contributed by atoms with Gasteiger partial charge in [0.1, 0.15) is 6.04 Å². The van der Waals surface area contributed by atoms with Crippen molar-refractivity contribution in [2.45, 2.75) is 24.9 Å². The fraction of sp³-hybridized carbons (Fsp3) is 0.636. The molecule has 0 radical (unpaired) electrons. The lowest BCUT2D eigenvalue weighted by Crippen LogP contribution is -2.43. The van der Waals surface area contributed by atoms with Crippen molar-refractivity contribution in [3.63, 3.8) is 0 Å². The number of rotatable bonds is 5. The highest BCUT2D eigenvalue weighted by Crippen LogP contribution is 2.32. The Morgan fingerprint density at radius 3 is 2.74 bits per heavy atom. The Morgan fingerprint density at radius 1 is 1.47 bits per heavy atom. The molecule has 102 valence electrons. The quantitative estimate of drug-likeness (QED) is 0.631. The first-order valence-electron chi connectivity index (χ1n) is 6.31. The van der Waals surface area contributed by atoms with Gasteiger partial charge in [-0.2, -0.15) is 0 Å². The molecule has 1 saturated carbocycles. The number of carboxylic acids is 1. The van der Waals surface area contributed by atoms with Gasteiger partial charge in [0.15, 0.2) is 5.69 Å². The maximum atomic E-state index is 11.9. The molecule has 0 bridgehead atoms. The summed E-state index contributed by atoms with van der Waals surface area (Å²) in [7, 11) is 0. The number of aromatic nitrogens is 3. The summed E-state index contributed by atoms with van der Waals surface area (Å²) in [4.78, 5) is 23.0. The molecular formula is C11H15N5O3. The lowest BCUT2D eigenvalue weighted by Gasteiger charge is -2.26. The number of aliphatic carboxylic acids is 1. The second kappa shape index (κ2) is 4.61. The van der Waals surface area contributed by atoms with E-state index in [1.165, 1.54) is 0 Å². The molecule has 1 atom stereocenters. The molecule has 3 rings (SSSR count). The van der Waals surface area contributed by atoms with E-state index in [1.807, 2.05) is 0 Å². The predicted octanol–water partition coefficient (Wildman–Crippen LogP) is -0.985. The van der Waals surface area contributed by atoms with Crippen molar-refractivity contribution in [2.24, 2.45) is 5.92 Å². The first-order chi connectivity index (χ1) is 9.15. The minimum atomic E-state index is -0.994. The van der Waals surface area contributed by atoms with E-state index in [0.717, 1.165) is 25.9 Å². The van der Waals surface area contributed by atoms with Gasteiger partial charge >= 0.3 is 5.97 Å². The zero-order valence-corrected chi connectivity index (χ0v) is 10.2. The summed E-state index contributed by atoms with van der Waals surface area (Å²) in [5, 5.41) is 22.4. The predicted molar refractivity (Wildman–Crippen MR) is 63.5 cm³/mol. The van der Waals surface area contributed by atoms with Gasteiger partial charge in [0.25, 0.3) is 5.91 Å². The van der Waals surface area contributed by atoms with Crippen LogP contribution in [0.5, 0.6) is 0 Å². The molecule has 8 heteroatoms. The van der Waals surface area contributed by atoms with Gasteiger partial charge in [-0.3, -0.25) is 4.79 Å². The maximum Gasteiger partial charge on any atom is 0.326 e. The molecule has 1 unspecified atom stereocenters. The molecule has 1 aliphatic carbocycles. The highest BCUT2D eigenvalue weighted by atomic mass is 16.4. The molecule has 2 heterocycles. The van der Waals surface area contributed by atoms with E-state index in [-0.39, 0.29) is 17.7 Å². The molecular weight excluding hydrogens is 250 g/mol. The third-order valence-electron chi connectivity index (χ3n) is 3.52. The number of hydrogen-bond acceptors (Lipinski definition) is 5. The van der Waals surface area contributed by atoms with E-state index in [1.54, 1.807) is 10.9 Å². The molecule has 1 saturated heterocycles. The van der Waals surface area contributed by atoms with Gasteiger partial charge in [0.2, 0.25) is 0 Å². The molecule has 2 aliphatic rings. The average molecular weight is 265 g/mol. The molecule has 3 N–H and O–H groups in total. The molecule has 1 amide bonds. The number of carbonyl (C=O) groups excluding carboxylic acids is 1. The topological polar surface area (TPSA) is 109 Å². The van der Waals surface area contributed by atoms with Crippen LogP contribution in [0.3, 0.4) is 0 Å². The van der Waals surface area contributed by atoms with Crippen LogP contribution in [0, 0.1) is 5.92 Å². The largest absolute Gasteiger partial charge is 0.480 e. The Hall–Kier alpha value is -1.96. The zero-order chi connectivity index (χ0) is 13.4. The summed E-state index contributed by atoms with van der Waals surface area (Å²) < 4.78 is 1.64. The van der Waals surface area contributed by atoms with Crippen molar-refractivity contribution in [1.82, 2.24) is 25.6 Å². The monoisotopic (exact) mass is 265 g/mol. The van der Waals surface area contributed by atoms with E-state index in [9.17, 15) is 9.59 Å². The molecule has 2 fully saturated rings. The maximum absolute atomic E-state index is 11.9. The first kappa shape index (κ1) is 12.1. The molecule has 1 aromatic rings.